The van der Waals surface area contributed by atoms with Crippen LogP contribution in [0.2, 0.25) is 0 Å². The fourth-order valence-corrected chi connectivity index (χ4v) is 5.03. The predicted octanol–water partition coefficient (Wildman–Crippen LogP) is 1.77. The van der Waals surface area contributed by atoms with E-state index in [1.807, 2.05) is 0 Å². The second kappa shape index (κ2) is 8.68. The molecule has 0 radical (unpaired) electrons. The number of ether oxygens (including phenoxy) is 1. The summed E-state index contributed by atoms with van der Waals surface area (Å²) in [4.78, 5) is 12.7. The van der Waals surface area contributed by atoms with Gasteiger partial charge in [0.2, 0.25) is 15.9 Å². The number of hydrogen-bond donors (Lipinski definition) is 1. The molecule has 1 N–H and O–H groups in total. The van der Waals surface area contributed by atoms with Gasteiger partial charge in [0.1, 0.15) is 16.7 Å². The summed E-state index contributed by atoms with van der Waals surface area (Å²) in [5.41, 5.74) is 0.779. The molecule has 2 aromatic rings. The van der Waals surface area contributed by atoms with Crippen molar-refractivity contribution in [3.63, 3.8) is 0 Å². The van der Waals surface area contributed by atoms with Crippen LogP contribution in [0.5, 0.6) is 0 Å². The number of carbonyl (C=O) groups excluding carboxylic acids is 1. The minimum atomic E-state index is -3.80. The molecule has 2 atom stereocenters. The fraction of sp³-hybridized carbons (Fsp3) is 0.579. The lowest BCUT2D eigenvalue weighted by Gasteiger charge is -2.18. The molecule has 0 bridgehead atoms. The van der Waals surface area contributed by atoms with Crippen LogP contribution in [0.4, 0.5) is 0 Å². The maximum absolute atomic E-state index is 13.1. The number of sulfonamides is 1. The number of hydrogen-bond acceptors (Lipinski definition) is 6. The van der Waals surface area contributed by atoms with Gasteiger partial charge in [-0.3, -0.25) is 9.48 Å². The van der Waals surface area contributed by atoms with Crippen molar-refractivity contribution in [1.82, 2.24) is 19.4 Å². The Morgan fingerprint density at radius 1 is 1.45 bits per heavy atom. The van der Waals surface area contributed by atoms with Crippen molar-refractivity contribution in [2.45, 2.75) is 57.2 Å². The minimum Gasteiger partial charge on any atom is -0.468 e. The van der Waals surface area contributed by atoms with Crippen LogP contribution in [0.25, 0.3) is 0 Å². The lowest BCUT2D eigenvalue weighted by Crippen LogP contribution is -2.37. The molecule has 0 aromatic carbocycles. The zero-order valence-corrected chi connectivity index (χ0v) is 18.0. The first kappa shape index (κ1) is 21.5. The molecule has 3 heterocycles. The van der Waals surface area contributed by atoms with Gasteiger partial charge in [0.15, 0.2) is 0 Å². The number of rotatable bonds is 8. The van der Waals surface area contributed by atoms with Crippen molar-refractivity contribution in [2.75, 3.05) is 20.2 Å². The molecular weight excluding hydrogens is 396 g/mol. The number of aryl methyl sites for hydroxylation is 1. The summed E-state index contributed by atoms with van der Waals surface area (Å²) >= 11 is 0. The summed E-state index contributed by atoms with van der Waals surface area (Å²) in [6.07, 6.45) is 3.47. The number of nitrogens with one attached hydrogen (secondary N) is 1. The highest BCUT2D eigenvalue weighted by Crippen LogP contribution is 2.26. The molecule has 2 unspecified atom stereocenters. The van der Waals surface area contributed by atoms with Crippen LogP contribution in [0.1, 0.15) is 43.0 Å². The molecule has 1 aliphatic rings. The fourth-order valence-electron chi connectivity index (χ4n) is 3.54. The topological polar surface area (TPSA) is 107 Å². The standard InChI is InChI=1S/C19H28N4O5S/c1-13-18(29(25,26)22(4)12-17-8-6-10-28-17)14(2)23(21-13)15(3)19(24)20-11-16-7-5-9-27-16/h6,8,10,15-16H,5,7,9,11-12H2,1-4H3,(H,20,24). The van der Waals surface area contributed by atoms with Gasteiger partial charge in [-0.05, 0) is 45.7 Å². The third-order valence-corrected chi connectivity index (χ3v) is 7.22. The van der Waals surface area contributed by atoms with Crippen LogP contribution in [0.15, 0.2) is 27.7 Å². The van der Waals surface area contributed by atoms with Gasteiger partial charge in [-0.15, -0.1) is 0 Å². The quantitative estimate of drug-likeness (QED) is 0.692. The van der Waals surface area contributed by atoms with Gasteiger partial charge < -0.3 is 14.5 Å². The second-order valence-corrected chi connectivity index (χ2v) is 9.32. The van der Waals surface area contributed by atoms with Crippen molar-refractivity contribution in [2.24, 2.45) is 0 Å². The molecule has 1 fully saturated rings. The van der Waals surface area contributed by atoms with Crippen LogP contribution >= 0.6 is 0 Å². The lowest BCUT2D eigenvalue weighted by molar-refractivity contribution is -0.124. The van der Waals surface area contributed by atoms with Crippen LogP contribution in [0.3, 0.4) is 0 Å². The molecule has 0 spiro atoms. The highest BCUT2D eigenvalue weighted by molar-refractivity contribution is 7.89. The summed E-state index contributed by atoms with van der Waals surface area (Å²) in [7, 11) is -2.31. The zero-order valence-electron chi connectivity index (χ0n) is 17.2. The molecular formula is C19H28N4O5S. The molecule has 2 aromatic heterocycles. The van der Waals surface area contributed by atoms with Crippen molar-refractivity contribution >= 4 is 15.9 Å². The molecule has 0 aliphatic carbocycles. The Morgan fingerprint density at radius 2 is 2.21 bits per heavy atom. The van der Waals surface area contributed by atoms with Crippen molar-refractivity contribution in [3.8, 4) is 0 Å². The smallest absolute Gasteiger partial charge is 0.246 e. The first-order valence-electron chi connectivity index (χ1n) is 9.65. The highest BCUT2D eigenvalue weighted by atomic mass is 32.2. The number of carbonyl (C=O) groups is 1. The Morgan fingerprint density at radius 3 is 2.83 bits per heavy atom. The Balaban J connectivity index is 1.76. The van der Waals surface area contributed by atoms with Gasteiger partial charge in [-0.2, -0.15) is 9.40 Å². The predicted molar refractivity (Wildman–Crippen MR) is 106 cm³/mol. The zero-order chi connectivity index (χ0) is 21.2. The minimum absolute atomic E-state index is 0.0396. The number of aromatic nitrogens is 2. The summed E-state index contributed by atoms with van der Waals surface area (Å²) in [6, 6.07) is 2.78. The van der Waals surface area contributed by atoms with E-state index in [0.29, 0.717) is 23.7 Å². The van der Waals surface area contributed by atoms with Crippen molar-refractivity contribution < 1.29 is 22.4 Å². The van der Waals surface area contributed by atoms with E-state index < -0.39 is 16.1 Å². The van der Waals surface area contributed by atoms with E-state index in [1.165, 1.54) is 22.3 Å². The molecule has 1 amide bonds. The summed E-state index contributed by atoms with van der Waals surface area (Å²) in [5, 5.41) is 7.22. The van der Waals surface area contributed by atoms with E-state index in [-0.39, 0.29) is 23.5 Å². The first-order valence-corrected chi connectivity index (χ1v) is 11.1. The summed E-state index contributed by atoms with van der Waals surface area (Å²) < 4.78 is 39.7. The molecule has 1 saturated heterocycles. The van der Waals surface area contributed by atoms with E-state index in [0.717, 1.165) is 19.4 Å². The SMILES string of the molecule is Cc1nn(C(C)C(=O)NCC2CCCO2)c(C)c1S(=O)(=O)N(C)Cc1ccco1. The monoisotopic (exact) mass is 424 g/mol. The third kappa shape index (κ3) is 4.54. The van der Waals surface area contributed by atoms with Crippen LogP contribution in [-0.4, -0.2) is 54.7 Å². The van der Waals surface area contributed by atoms with E-state index in [1.54, 1.807) is 32.9 Å². The Hall–Kier alpha value is -2.17. The Bertz CT molecular complexity index is 946. The van der Waals surface area contributed by atoms with E-state index in [9.17, 15) is 13.2 Å². The molecule has 0 saturated carbocycles. The van der Waals surface area contributed by atoms with E-state index in [2.05, 4.69) is 10.4 Å². The summed E-state index contributed by atoms with van der Waals surface area (Å²) in [5.74, 6) is 0.319. The highest BCUT2D eigenvalue weighted by Gasteiger charge is 2.31. The van der Waals surface area contributed by atoms with Crippen LogP contribution in [-0.2, 0) is 26.1 Å². The summed E-state index contributed by atoms with van der Waals surface area (Å²) in [6.45, 7) is 6.27. The van der Waals surface area contributed by atoms with Gasteiger partial charge in [-0.25, -0.2) is 8.42 Å². The van der Waals surface area contributed by atoms with Gasteiger partial charge in [0.05, 0.1) is 30.3 Å². The first-order chi connectivity index (χ1) is 13.7. The van der Waals surface area contributed by atoms with Gasteiger partial charge >= 0.3 is 0 Å². The van der Waals surface area contributed by atoms with Gasteiger partial charge in [0.25, 0.3) is 0 Å². The number of amides is 1. The molecule has 9 nitrogen and oxygen atoms in total. The number of furan rings is 1. The Labute approximate surface area is 171 Å². The van der Waals surface area contributed by atoms with Gasteiger partial charge in [0, 0.05) is 20.2 Å². The van der Waals surface area contributed by atoms with Crippen LogP contribution < -0.4 is 5.32 Å². The largest absolute Gasteiger partial charge is 0.468 e. The normalized spacial score (nSPS) is 18.3. The van der Waals surface area contributed by atoms with E-state index in [4.69, 9.17) is 9.15 Å². The average molecular weight is 425 g/mol. The number of nitrogens with zero attached hydrogens (tertiary/aromatic N) is 3. The molecule has 160 valence electrons. The molecule has 29 heavy (non-hydrogen) atoms. The second-order valence-electron chi connectivity index (χ2n) is 7.34. The van der Waals surface area contributed by atoms with E-state index >= 15 is 0 Å². The van der Waals surface area contributed by atoms with Crippen LogP contribution in [0, 0.1) is 13.8 Å². The van der Waals surface area contributed by atoms with Gasteiger partial charge in [-0.1, -0.05) is 0 Å². The maximum Gasteiger partial charge on any atom is 0.246 e. The maximum atomic E-state index is 13.1. The average Bonchev–Trinajstić information content (AvgIpc) is 3.41. The van der Waals surface area contributed by atoms with Crippen molar-refractivity contribution in [3.05, 3.63) is 35.5 Å². The molecule has 3 rings (SSSR count). The lowest BCUT2D eigenvalue weighted by atomic mass is 10.2. The third-order valence-electron chi connectivity index (χ3n) is 5.16. The molecule has 1 aliphatic heterocycles. The molecule has 10 heteroatoms. The Kier molecular flexibility index (Phi) is 6.45. The van der Waals surface area contributed by atoms with Crippen molar-refractivity contribution in [1.29, 1.82) is 0 Å².